The van der Waals surface area contributed by atoms with Crippen LogP contribution in [0.15, 0.2) is 0 Å². The van der Waals surface area contributed by atoms with Crippen molar-refractivity contribution in [3.05, 3.63) is 0 Å². The zero-order chi connectivity index (χ0) is 22.4. The summed E-state index contributed by atoms with van der Waals surface area (Å²) in [5.41, 5.74) is 0. The molecular formula is C28H60OS. The Kier molecular flexibility index (Phi) is 19.9. The molecule has 30 heavy (non-hydrogen) atoms. The predicted octanol–water partition coefficient (Wildman–Crippen LogP) is 9.69. The maximum Gasteiger partial charge on any atom is 0.00364 e. The highest BCUT2D eigenvalue weighted by Crippen LogP contribution is 2.30. The Morgan fingerprint density at radius 2 is 0.600 bits per heavy atom. The van der Waals surface area contributed by atoms with Gasteiger partial charge in [-0.3, -0.25) is 4.21 Å². The molecule has 0 bridgehead atoms. The summed E-state index contributed by atoms with van der Waals surface area (Å²) < 4.78 is 14.0. The number of hydrogen-bond donors (Lipinski definition) is 0. The van der Waals surface area contributed by atoms with E-state index in [2.05, 4.69) is 27.7 Å². The van der Waals surface area contributed by atoms with E-state index in [1.54, 1.807) is 0 Å². The number of hydrogen-bond acceptors (Lipinski definition) is 1. The second-order valence-electron chi connectivity index (χ2n) is 10.0. The summed E-state index contributed by atoms with van der Waals surface area (Å²) in [6, 6.07) is 0. The van der Waals surface area contributed by atoms with E-state index in [0.29, 0.717) is 0 Å². The maximum absolute atomic E-state index is 14.0. The van der Waals surface area contributed by atoms with E-state index in [-0.39, 0.29) is 0 Å². The average Bonchev–Trinajstić information content (AvgIpc) is 2.76. The summed E-state index contributed by atoms with van der Waals surface area (Å²) in [5.74, 6) is 3.86. The lowest BCUT2D eigenvalue weighted by molar-refractivity contribution is 0.558. The lowest BCUT2D eigenvalue weighted by atomic mass is 10.1. The molecule has 0 rings (SSSR count). The van der Waals surface area contributed by atoms with Crippen molar-refractivity contribution in [1.29, 1.82) is 0 Å². The monoisotopic (exact) mass is 444 g/mol. The van der Waals surface area contributed by atoms with Gasteiger partial charge in [0.1, 0.15) is 0 Å². The number of rotatable bonds is 24. The van der Waals surface area contributed by atoms with Gasteiger partial charge in [0.15, 0.2) is 0 Å². The lowest BCUT2D eigenvalue weighted by Crippen LogP contribution is -2.44. The average molecular weight is 445 g/mol. The summed E-state index contributed by atoms with van der Waals surface area (Å²) in [4.78, 5) is 0. The Morgan fingerprint density at radius 1 is 0.367 bits per heavy atom. The highest BCUT2D eigenvalue weighted by atomic mass is 32.3. The van der Waals surface area contributed by atoms with Crippen LogP contribution in [0.4, 0.5) is 0 Å². The first-order valence-corrected chi connectivity index (χ1v) is 16.8. The molecule has 0 heterocycles. The first kappa shape index (κ1) is 30.1. The van der Waals surface area contributed by atoms with E-state index in [1.165, 1.54) is 128 Å². The van der Waals surface area contributed by atoms with Gasteiger partial charge >= 0.3 is 0 Å². The van der Waals surface area contributed by atoms with Gasteiger partial charge in [-0.2, -0.15) is 0 Å². The Morgan fingerprint density at radius 3 is 0.833 bits per heavy atom. The van der Waals surface area contributed by atoms with Crippen LogP contribution < -0.4 is 0 Å². The third-order valence-corrected chi connectivity index (χ3v) is 13.1. The fourth-order valence-corrected chi connectivity index (χ4v) is 8.43. The van der Waals surface area contributed by atoms with Crippen molar-refractivity contribution < 1.29 is 4.21 Å². The first-order valence-electron chi connectivity index (χ1n) is 14.1. The smallest absolute Gasteiger partial charge is 0.00364 e. The molecule has 0 N–H and O–H groups in total. The summed E-state index contributed by atoms with van der Waals surface area (Å²) >= 11 is 0. The van der Waals surface area contributed by atoms with Crippen LogP contribution in [0.3, 0.4) is 0 Å². The van der Waals surface area contributed by atoms with Crippen LogP contribution in [0.5, 0.6) is 0 Å². The summed E-state index contributed by atoms with van der Waals surface area (Å²) in [6.45, 7) is 8.97. The quantitative estimate of drug-likeness (QED) is 0.135. The Balaban J connectivity index is 3.86. The van der Waals surface area contributed by atoms with Crippen LogP contribution in [0.25, 0.3) is 0 Å². The van der Waals surface area contributed by atoms with Gasteiger partial charge in [-0.1, -0.05) is 152 Å². The second-order valence-corrected chi connectivity index (χ2v) is 15.4. The molecule has 0 amide bonds. The van der Waals surface area contributed by atoms with Gasteiger partial charge < -0.3 is 0 Å². The normalized spacial score (nSPS) is 13.4. The van der Waals surface area contributed by atoms with E-state index in [4.69, 9.17) is 0 Å². The van der Waals surface area contributed by atoms with E-state index in [1.807, 2.05) is 0 Å². The van der Waals surface area contributed by atoms with Crippen LogP contribution in [0.2, 0.25) is 0 Å². The molecule has 0 saturated heterocycles. The maximum atomic E-state index is 14.0. The Bertz CT molecular complexity index is 377. The molecule has 1 nitrogen and oxygen atoms in total. The minimum absolute atomic E-state index is 0.919. The standard InChI is InChI=1S/C28H60OS/c1-5-9-11-13-15-17-19-21-23-25-27-30(29,7-3,8-4)28-26-24-22-20-18-16-14-12-10-6-2/h5-28H2,1-4H3. The predicted molar refractivity (Wildman–Crippen MR) is 143 cm³/mol. The summed E-state index contributed by atoms with van der Waals surface area (Å²) in [5, 5.41) is 0. The van der Waals surface area contributed by atoms with Gasteiger partial charge in [0, 0.05) is 23.0 Å². The highest BCUT2D eigenvalue weighted by molar-refractivity contribution is 8.19. The van der Waals surface area contributed by atoms with Crippen LogP contribution in [0.1, 0.15) is 156 Å². The molecular weight excluding hydrogens is 384 g/mol. The second kappa shape index (κ2) is 19.8. The summed E-state index contributed by atoms with van der Waals surface area (Å²) in [7, 11) is -2.38. The van der Waals surface area contributed by atoms with E-state index < -0.39 is 9.07 Å². The van der Waals surface area contributed by atoms with E-state index in [9.17, 15) is 4.21 Å². The van der Waals surface area contributed by atoms with Crippen LogP contribution in [-0.4, -0.2) is 27.2 Å². The zero-order valence-electron chi connectivity index (χ0n) is 21.8. The molecule has 0 fully saturated rings. The Hall–Kier alpha value is 0.150. The summed E-state index contributed by atoms with van der Waals surface area (Å²) in [6.07, 6.45) is 27.3. The van der Waals surface area contributed by atoms with Gasteiger partial charge in [-0.05, 0) is 12.8 Å². The lowest BCUT2D eigenvalue weighted by Gasteiger charge is -2.41. The van der Waals surface area contributed by atoms with Gasteiger partial charge in [0.25, 0.3) is 0 Å². The minimum Gasteiger partial charge on any atom is -0.282 e. The SMILES string of the molecule is CCCCCCCCCCCCS(=O)(CC)(CC)CCCCCCCCCCCC. The molecule has 0 aliphatic carbocycles. The molecule has 0 aliphatic heterocycles. The van der Waals surface area contributed by atoms with Gasteiger partial charge in [-0.25, -0.2) is 0 Å². The van der Waals surface area contributed by atoms with Crippen LogP contribution in [0, 0.1) is 0 Å². The largest absolute Gasteiger partial charge is 0.282 e. The van der Waals surface area contributed by atoms with E-state index >= 15 is 0 Å². The van der Waals surface area contributed by atoms with Crippen molar-refractivity contribution in [2.45, 2.75) is 156 Å². The molecule has 0 saturated carbocycles. The molecule has 0 unspecified atom stereocenters. The molecule has 184 valence electrons. The van der Waals surface area contributed by atoms with Crippen molar-refractivity contribution in [2.75, 3.05) is 23.0 Å². The van der Waals surface area contributed by atoms with Crippen LogP contribution >= 0.6 is 0 Å². The molecule has 0 aromatic carbocycles. The topological polar surface area (TPSA) is 17.1 Å². The minimum atomic E-state index is -2.38. The van der Waals surface area contributed by atoms with Crippen molar-refractivity contribution in [3.8, 4) is 0 Å². The number of unbranched alkanes of at least 4 members (excludes halogenated alkanes) is 18. The van der Waals surface area contributed by atoms with Crippen molar-refractivity contribution >= 4 is 9.07 Å². The van der Waals surface area contributed by atoms with Gasteiger partial charge in [-0.15, -0.1) is 0 Å². The Labute approximate surface area is 192 Å². The molecule has 0 radical (unpaired) electrons. The fourth-order valence-electron chi connectivity index (χ4n) is 4.79. The first-order chi connectivity index (χ1) is 14.5. The van der Waals surface area contributed by atoms with Crippen LogP contribution in [-0.2, 0) is 9.07 Å². The third kappa shape index (κ3) is 15.9. The third-order valence-electron chi connectivity index (χ3n) is 7.49. The highest BCUT2D eigenvalue weighted by Gasteiger charge is 2.31. The molecule has 2 heteroatoms. The molecule has 0 aromatic heterocycles. The van der Waals surface area contributed by atoms with Crippen molar-refractivity contribution in [3.63, 3.8) is 0 Å². The fraction of sp³-hybridized carbons (Fsp3) is 1.00. The van der Waals surface area contributed by atoms with Crippen molar-refractivity contribution in [1.82, 2.24) is 0 Å². The molecule has 0 aromatic rings. The zero-order valence-corrected chi connectivity index (χ0v) is 22.6. The van der Waals surface area contributed by atoms with Gasteiger partial charge in [0.2, 0.25) is 0 Å². The molecule has 0 aliphatic rings. The van der Waals surface area contributed by atoms with Gasteiger partial charge in [0.05, 0.1) is 0 Å². The molecule has 0 atom stereocenters. The van der Waals surface area contributed by atoms with E-state index in [0.717, 1.165) is 23.0 Å². The molecule has 0 spiro atoms. The van der Waals surface area contributed by atoms with Crippen molar-refractivity contribution in [2.24, 2.45) is 0 Å².